The molecule has 1 amide bonds. The van der Waals surface area contributed by atoms with E-state index in [1.54, 1.807) is 17.5 Å². The number of thiazole rings is 1. The van der Waals surface area contributed by atoms with Crippen LogP contribution < -0.4 is 5.32 Å². The molecule has 1 aliphatic carbocycles. The minimum atomic E-state index is -0.480. The Bertz CT molecular complexity index is 423. The Morgan fingerprint density at radius 1 is 1.42 bits per heavy atom. The molecule has 2 heterocycles. The zero-order chi connectivity index (χ0) is 13.1. The molecule has 1 saturated heterocycles. The minimum Gasteiger partial charge on any atom is -0.376 e. The summed E-state index contributed by atoms with van der Waals surface area (Å²) in [7, 11) is 0. The highest BCUT2D eigenvalue weighted by Gasteiger charge is 2.41. The van der Waals surface area contributed by atoms with E-state index in [2.05, 4.69) is 10.3 Å². The first-order valence-electron chi connectivity index (χ1n) is 6.71. The van der Waals surface area contributed by atoms with Gasteiger partial charge in [0.05, 0.1) is 25.4 Å². The fourth-order valence-electron chi connectivity index (χ4n) is 2.79. The van der Waals surface area contributed by atoms with Gasteiger partial charge in [-0.15, -0.1) is 11.3 Å². The van der Waals surface area contributed by atoms with Crippen LogP contribution in [0.1, 0.15) is 30.7 Å². The van der Waals surface area contributed by atoms with Gasteiger partial charge < -0.3 is 14.8 Å². The summed E-state index contributed by atoms with van der Waals surface area (Å²) in [5.74, 6) is -0.0724. The van der Waals surface area contributed by atoms with E-state index in [0.717, 1.165) is 30.7 Å². The molecule has 2 aliphatic rings. The maximum Gasteiger partial charge on any atom is 0.252 e. The molecule has 0 aromatic carbocycles. The number of carbonyl (C=O) groups is 1. The molecule has 6 heteroatoms. The Balaban J connectivity index is 1.73. The first-order chi connectivity index (χ1) is 9.30. The molecule has 19 heavy (non-hydrogen) atoms. The lowest BCUT2D eigenvalue weighted by Gasteiger charge is -2.31. The summed E-state index contributed by atoms with van der Waals surface area (Å²) in [5, 5.41) is 6.14. The van der Waals surface area contributed by atoms with Crippen molar-refractivity contribution in [3.05, 3.63) is 16.6 Å². The molecule has 3 rings (SSSR count). The van der Waals surface area contributed by atoms with Gasteiger partial charge in [-0.05, 0) is 12.8 Å². The van der Waals surface area contributed by atoms with Crippen molar-refractivity contribution in [1.82, 2.24) is 10.3 Å². The molecule has 1 aromatic rings. The van der Waals surface area contributed by atoms with Gasteiger partial charge in [-0.1, -0.05) is 12.8 Å². The zero-order valence-corrected chi connectivity index (χ0v) is 11.6. The van der Waals surface area contributed by atoms with Crippen LogP contribution in [0.3, 0.4) is 0 Å². The quantitative estimate of drug-likeness (QED) is 0.911. The first kappa shape index (κ1) is 13.0. The van der Waals surface area contributed by atoms with Crippen molar-refractivity contribution in [3.8, 4) is 0 Å². The van der Waals surface area contributed by atoms with Gasteiger partial charge in [0.25, 0.3) is 5.91 Å². The van der Waals surface area contributed by atoms with Crippen molar-refractivity contribution in [2.45, 2.75) is 37.3 Å². The fourth-order valence-corrected chi connectivity index (χ4v) is 3.64. The van der Waals surface area contributed by atoms with E-state index in [1.165, 1.54) is 0 Å². The zero-order valence-electron chi connectivity index (χ0n) is 10.8. The van der Waals surface area contributed by atoms with Crippen LogP contribution >= 0.6 is 11.3 Å². The van der Waals surface area contributed by atoms with Gasteiger partial charge in [0, 0.05) is 11.6 Å². The average Bonchev–Trinajstić information content (AvgIpc) is 3.11. The lowest BCUT2D eigenvalue weighted by atomic mass is 9.98. The molecule has 1 atom stereocenters. The normalized spacial score (nSPS) is 26.2. The second kappa shape index (κ2) is 5.56. The van der Waals surface area contributed by atoms with Crippen LogP contribution in [0.15, 0.2) is 11.6 Å². The van der Waals surface area contributed by atoms with Crippen LogP contribution in [0, 0.1) is 0 Å². The van der Waals surface area contributed by atoms with Gasteiger partial charge in [-0.25, -0.2) is 4.98 Å². The van der Waals surface area contributed by atoms with E-state index in [4.69, 9.17) is 9.47 Å². The van der Waals surface area contributed by atoms with Crippen molar-refractivity contribution >= 4 is 17.2 Å². The van der Waals surface area contributed by atoms with Gasteiger partial charge in [0.1, 0.15) is 5.01 Å². The number of aromatic nitrogens is 1. The number of nitrogens with zero attached hydrogens (tertiary/aromatic N) is 1. The number of rotatable bonds is 3. The van der Waals surface area contributed by atoms with Crippen molar-refractivity contribution in [2.24, 2.45) is 0 Å². The lowest BCUT2D eigenvalue weighted by molar-refractivity contribution is -0.149. The molecular weight excluding hydrogens is 264 g/mol. The predicted molar refractivity (Wildman–Crippen MR) is 71.0 cm³/mol. The Labute approximate surface area is 116 Å². The Morgan fingerprint density at radius 3 is 2.89 bits per heavy atom. The van der Waals surface area contributed by atoms with Gasteiger partial charge in [-0.2, -0.15) is 0 Å². The maximum atomic E-state index is 12.3. The number of hydrogen-bond donors (Lipinski definition) is 1. The smallest absolute Gasteiger partial charge is 0.252 e. The third-order valence-corrected chi connectivity index (χ3v) is 4.75. The van der Waals surface area contributed by atoms with Crippen molar-refractivity contribution in [1.29, 1.82) is 0 Å². The molecule has 1 unspecified atom stereocenters. The van der Waals surface area contributed by atoms with E-state index in [9.17, 15) is 4.79 Å². The number of ether oxygens (including phenoxy) is 2. The number of carbonyl (C=O) groups excluding carboxylic acids is 1. The molecule has 1 aliphatic heterocycles. The Kier molecular flexibility index (Phi) is 3.81. The van der Waals surface area contributed by atoms with Crippen LogP contribution in [-0.4, -0.2) is 36.8 Å². The largest absolute Gasteiger partial charge is 0.376 e. The van der Waals surface area contributed by atoms with E-state index >= 15 is 0 Å². The third kappa shape index (κ3) is 2.66. The number of amides is 1. The van der Waals surface area contributed by atoms with Gasteiger partial charge in [0.15, 0.2) is 6.10 Å². The molecule has 0 bridgehead atoms. The van der Waals surface area contributed by atoms with Crippen molar-refractivity contribution < 1.29 is 14.3 Å². The monoisotopic (exact) mass is 282 g/mol. The molecule has 1 saturated carbocycles. The van der Waals surface area contributed by atoms with E-state index in [-0.39, 0.29) is 11.4 Å². The van der Waals surface area contributed by atoms with Crippen molar-refractivity contribution in [3.63, 3.8) is 0 Å². The summed E-state index contributed by atoms with van der Waals surface area (Å²) in [6.45, 7) is 1.41. The van der Waals surface area contributed by atoms with Gasteiger partial charge in [-0.3, -0.25) is 4.79 Å². The molecule has 1 aromatic heterocycles. The summed E-state index contributed by atoms with van der Waals surface area (Å²) in [6, 6.07) is 0. The standard InChI is InChI=1S/C13H18N2O3S/c16-11(10-9-17-6-7-18-10)15-13(3-1-2-4-13)12-14-5-8-19-12/h5,8,10H,1-4,6-7,9H2,(H,15,16). The first-order valence-corrected chi connectivity index (χ1v) is 7.59. The molecular formula is C13H18N2O3S. The second-order valence-electron chi connectivity index (χ2n) is 5.05. The van der Waals surface area contributed by atoms with Crippen LogP contribution in [0.2, 0.25) is 0 Å². The highest BCUT2D eigenvalue weighted by molar-refractivity contribution is 7.09. The number of hydrogen-bond acceptors (Lipinski definition) is 5. The lowest BCUT2D eigenvalue weighted by Crippen LogP contribution is -2.51. The second-order valence-corrected chi connectivity index (χ2v) is 5.94. The van der Waals surface area contributed by atoms with E-state index < -0.39 is 6.10 Å². The molecule has 5 nitrogen and oxygen atoms in total. The molecule has 0 radical (unpaired) electrons. The maximum absolute atomic E-state index is 12.3. The van der Waals surface area contributed by atoms with Gasteiger partial charge >= 0.3 is 0 Å². The Hall–Kier alpha value is -0.980. The van der Waals surface area contributed by atoms with Crippen LogP contribution in [0.4, 0.5) is 0 Å². The summed E-state index contributed by atoms with van der Waals surface area (Å²) in [6.07, 6.45) is 5.49. The molecule has 1 N–H and O–H groups in total. The average molecular weight is 282 g/mol. The summed E-state index contributed by atoms with van der Waals surface area (Å²) < 4.78 is 10.8. The third-order valence-electron chi connectivity index (χ3n) is 3.77. The van der Waals surface area contributed by atoms with Crippen LogP contribution in [-0.2, 0) is 19.8 Å². The molecule has 0 spiro atoms. The molecule has 104 valence electrons. The van der Waals surface area contributed by atoms with Crippen molar-refractivity contribution in [2.75, 3.05) is 19.8 Å². The number of nitrogens with one attached hydrogen (secondary N) is 1. The molecule has 2 fully saturated rings. The summed E-state index contributed by atoms with van der Waals surface area (Å²) in [4.78, 5) is 16.7. The topological polar surface area (TPSA) is 60.5 Å². The highest BCUT2D eigenvalue weighted by atomic mass is 32.1. The van der Waals surface area contributed by atoms with E-state index in [0.29, 0.717) is 19.8 Å². The Morgan fingerprint density at radius 2 is 2.26 bits per heavy atom. The summed E-state index contributed by atoms with van der Waals surface area (Å²) in [5.41, 5.74) is -0.286. The van der Waals surface area contributed by atoms with E-state index in [1.807, 2.05) is 5.38 Å². The fraction of sp³-hybridized carbons (Fsp3) is 0.692. The van der Waals surface area contributed by atoms with Crippen LogP contribution in [0.5, 0.6) is 0 Å². The SMILES string of the molecule is O=C(NC1(c2nccs2)CCCC1)C1COCCO1. The predicted octanol–water partition coefficient (Wildman–Crippen LogP) is 1.44. The van der Waals surface area contributed by atoms with Crippen LogP contribution in [0.25, 0.3) is 0 Å². The minimum absolute atomic E-state index is 0.0724. The summed E-state index contributed by atoms with van der Waals surface area (Å²) >= 11 is 1.61. The van der Waals surface area contributed by atoms with Gasteiger partial charge in [0.2, 0.25) is 0 Å². The highest BCUT2D eigenvalue weighted by Crippen LogP contribution is 2.39.